The summed E-state index contributed by atoms with van der Waals surface area (Å²) in [4.78, 5) is -0.367. The maximum absolute atomic E-state index is 12.4. The summed E-state index contributed by atoms with van der Waals surface area (Å²) in [5.74, 6) is -0.693. The summed E-state index contributed by atoms with van der Waals surface area (Å²) in [6.07, 6.45) is -4.96. The smallest absolute Gasteiger partial charge is 0.404 e. The molecule has 0 aliphatic heterocycles. The first-order valence-corrected chi connectivity index (χ1v) is 8.15. The molecule has 0 aliphatic carbocycles. The molecule has 0 spiro atoms. The maximum atomic E-state index is 12.4. The second-order valence-corrected chi connectivity index (χ2v) is 6.72. The van der Waals surface area contributed by atoms with Gasteiger partial charge in [-0.25, -0.2) is 8.42 Å². The molecule has 2 rings (SSSR count). The van der Waals surface area contributed by atoms with E-state index in [1.165, 1.54) is 24.3 Å². The van der Waals surface area contributed by atoms with Gasteiger partial charge in [-0.3, -0.25) is 4.72 Å². The molecule has 0 bridgehead atoms. The predicted molar refractivity (Wildman–Crippen MR) is 80.4 cm³/mol. The quantitative estimate of drug-likeness (QED) is 0.830. The first kappa shape index (κ1) is 17.7. The van der Waals surface area contributed by atoms with Crippen molar-refractivity contribution in [3.63, 3.8) is 0 Å². The summed E-state index contributed by atoms with van der Waals surface area (Å²) in [5, 5.41) is -0.0225. The van der Waals surface area contributed by atoms with Gasteiger partial charge in [0.15, 0.2) is 5.75 Å². The van der Waals surface area contributed by atoms with E-state index in [0.717, 1.165) is 18.2 Å². The summed E-state index contributed by atoms with van der Waals surface area (Å²) in [6.45, 7) is 0. The van der Waals surface area contributed by atoms with Crippen molar-refractivity contribution in [1.82, 2.24) is 0 Å². The summed E-state index contributed by atoms with van der Waals surface area (Å²) in [5.41, 5.74) is -0.388. The minimum Gasteiger partial charge on any atom is -0.404 e. The number of nitrogens with one attached hydrogen (secondary N) is 1. The molecule has 0 saturated heterocycles. The lowest BCUT2D eigenvalue weighted by Gasteiger charge is -2.15. The Labute approximate surface area is 139 Å². The van der Waals surface area contributed by atoms with Crippen LogP contribution in [0.25, 0.3) is 0 Å². The van der Waals surface area contributed by atoms with Gasteiger partial charge in [0, 0.05) is 5.02 Å². The Morgan fingerprint density at radius 1 is 1.04 bits per heavy atom. The zero-order chi connectivity index (χ0) is 17.3. The topological polar surface area (TPSA) is 55.4 Å². The summed E-state index contributed by atoms with van der Waals surface area (Å²) in [7, 11) is -4.26. The Bertz CT molecular complexity index is 825. The molecule has 2 aromatic rings. The molecule has 2 aromatic carbocycles. The molecule has 0 fully saturated rings. The fourth-order valence-electron chi connectivity index (χ4n) is 1.65. The number of ether oxygens (including phenoxy) is 1. The highest BCUT2D eigenvalue weighted by atomic mass is 35.5. The van der Waals surface area contributed by atoms with E-state index in [1.54, 1.807) is 0 Å². The highest BCUT2D eigenvalue weighted by molar-refractivity contribution is 7.92. The number of hydrogen-bond acceptors (Lipinski definition) is 3. The number of benzene rings is 2. The van der Waals surface area contributed by atoms with E-state index in [2.05, 4.69) is 4.74 Å². The Morgan fingerprint density at radius 3 is 2.35 bits per heavy atom. The van der Waals surface area contributed by atoms with E-state index in [-0.39, 0.29) is 20.6 Å². The van der Waals surface area contributed by atoms with Gasteiger partial charge in [0.1, 0.15) is 4.90 Å². The van der Waals surface area contributed by atoms with Gasteiger partial charge in [-0.15, -0.1) is 13.2 Å². The molecule has 23 heavy (non-hydrogen) atoms. The fourth-order valence-corrected chi connectivity index (χ4v) is 3.48. The molecule has 0 radical (unpaired) electrons. The van der Waals surface area contributed by atoms with E-state index in [0.29, 0.717) is 0 Å². The van der Waals surface area contributed by atoms with Gasteiger partial charge < -0.3 is 4.74 Å². The average molecular weight is 386 g/mol. The molecule has 10 heteroatoms. The Kier molecular flexibility index (Phi) is 4.98. The number of anilines is 1. The number of hydrogen-bond donors (Lipinski definition) is 1. The first-order chi connectivity index (χ1) is 10.6. The molecule has 0 atom stereocenters. The number of sulfonamides is 1. The van der Waals surface area contributed by atoms with Crippen LogP contribution < -0.4 is 9.46 Å². The highest BCUT2D eigenvalue weighted by Crippen LogP contribution is 2.33. The first-order valence-electron chi connectivity index (χ1n) is 5.91. The van der Waals surface area contributed by atoms with E-state index in [4.69, 9.17) is 23.2 Å². The van der Waals surface area contributed by atoms with E-state index in [9.17, 15) is 21.6 Å². The van der Waals surface area contributed by atoms with Gasteiger partial charge in [-0.2, -0.15) is 0 Å². The van der Waals surface area contributed by atoms with Gasteiger partial charge >= 0.3 is 6.36 Å². The van der Waals surface area contributed by atoms with Crippen LogP contribution in [0.2, 0.25) is 10.0 Å². The molecule has 0 amide bonds. The molecular weight excluding hydrogens is 378 g/mol. The zero-order valence-electron chi connectivity index (χ0n) is 11.1. The standard InChI is InChI=1S/C13H8Cl2F3NO3S/c14-8-5-6-9(15)12(7-8)23(20,21)19-10-3-1-2-4-11(10)22-13(16,17)18/h1-7,19H. The van der Waals surface area contributed by atoms with Gasteiger partial charge in [0.2, 0.25) is 0 Å². The van der Waals surface area contributed by atoms with E-state index in [1.807, 2.05) is 4.72 Å². The van der Waals surface area contributed by atoms with Crippen LogP contribution in [0, 0.1) is 0 Å². The molecule has 0 aromatic heterocycles. The van der Waals surface area contributed by atoms with Crippen molar-refractivity contribution in [1.29, 1.82) is 0 Å². The number of rotatable bonds is 4. The number of para-hydroxylation sites is 2. The molecular formula is C13H8Cl2F3NO3S. The van der Waals surface area contributed by atoms with Crippen molar-refractivity contribution in [3.05, 3.63) is 52.5 Å². The minimum atomic E-state index is -4.96. The normalized spacial score (nSPS) is 12.0. The molecule has 0 aliphatic rings. The Morgan fingerprint density at radius 2 is 1.70 bits per heavy atom. The fraction of sp³-hybridized carbons (Fsp3) is 0.0769. The van der Waals surface area contributed by atoms with Crippen LogP contribution in [-0.2, 0) is 10.0 Å². The SMILES string of the molecule is O=S(=O)(Nc1ccccc1OC(F)(F)F)c1cc(Cl)ccc1Cl. The molecule has 0 heterocycles. The zero-order valence-corrected chi connectivity index (χ0v) is 13.4. The van der Waals surface area contributed by atoms with Crippen LogP contribution in [-0.4, -0.2) is 14.8 Å². The van der Waals surface area contributed by atoms with Gasteiger partial charge in [-0.1, -0.05) is 35.3 Å². The van der Waals surface area contributed by atoms with E-state index >= 15 is 0 Å². The second kappa shape index (κ2) is 6.46. The number of alkyl halides is 3. The lowest BCUT2D eigenvalue weighted by molar-refractivity contribution is -0.274. The lowest BCUT2D eigenvalue weighted by atomic mass is 10.3. The van der Waals surface area contributed by atoms with Crippen LogP contribution >= 0.6 is 23.2 Å². The second-order valence-electron chi connectivity index (χ2n) is 4.22. The minimum absolute atomic E-state index is 0.106. The van der Waals surface area contributed by atoms with Gasteiger partial charge in [0.25, 0.3) is 10.0 Å². The van der Waals surface area contributed by atoms with Gasteiger partial charge in [-0.05, 0) is 30.3 Å². The van der Waals surface area contributed by atoms with Crippen molar-refractivity contribution >= 4 is 38.9 Å². The molecule has 0 saturated carbocycles. The Hall–Kier alpha value is -1.64. The average Bonchev–Trinajstić information content (AvgIpc) is 2.42. The summed E-state index contributed by atoms with van der Waals surface area (Å²) in [6, 6.07) is 8.44. The number of halogens is 5. The van der Waals surface area contributed by atoms with Crippen molar-refractivity contribution in [2.24, 2.45) is 0 Å². The monoisotopic (exact) mass is 385 g/mol. The lowest BCUT2D eigenvalue weighted by Crippen LogP contribution is -2.20. The molecule has 124 valence electrons. The maximum Gasteiger partial charge on any atom is 0.573 e. The third kappa shape index (κ3) is 4.66. The van der Waals surface area contributed by atoms with Gasteiger partial charge in [0.05, 0.1) is 10.7 Å². The Balaban J connectivity index is 2.40. The van der Waals surface area contributed by atoms with Crippen molar-refractivity contribution in [2.75, 3.05) is 4.72 Å². The highest BCUT2D eigenvalue weighted by Gasteiger charge is 2.32. The molecule has 4 nitrogen and oxygen atoms in total. The van der Waals surface area contributed by atoms with Crippen molar-refractivity contribution in [2.45, 2.75) is 11.3 Å². The summed E-state index contributed by atoms with van der Waals surface area (Å²) >= 11 is 11.5. The van der Waals surface area contributed by atoms with Crippen LogP contribution in [0.4, 0.5) is 18.9 Å². The molecule has 0 unspecified atom stereocenters. The van der Waals surface area contributed by atoms with Crippen LogP contribution in [0.1, 0.15) is 0 Å². The van der Waals surface area contributed by atoms with E-state index < -0.39 is 22.1 Å². The molecule has 1 N–H and O–H groups in total. The van der Waals surface area contributed by atoms with Crippen LogP contribution in [0.5, 0.6) is 5.75 Å². The van der Waals surface area contributed by atoms with Crippen LogP contribution in [0.3, 0.4) is 0 Å². The third-order valence-electron chi connectivity index (χ3n) is 2.54. The third-order valence-corrected chi connectivity index (χ3v) is 4.62. The van der Waals surface area contributed by atoms with Crippen molar-refractivity contribution < 1.29 is 26.3 Å². The largest absolute Gasteiger partial charge is 0.573 e. The van der Waals surface area contributed by atoms with Crippen LogP contribution in [0.15, 0.2) is 47.4 Å². The van der Waals surface area contributed by atoms with Crippen molar-refractivity contribution in [3.8, 4) is 5.75 Å². The predicted octanol–water partition coefficient (Wildman–Crippen LogP) is 4.69. The summed E-state index contributed by atoms with van der Waals surface area (Å²) < 4.78 is 67.5.